The normalized spacial score (nSPS) is 22.5. The highest BCUT2D eigenvalue weighted by atomic mass is 79.9. The van der Waals surface area contributed by atoms with Crippen LogP contribution in [0.5, 0.6) is 0 Å². The van der Waals surface area contributed by atoms with Gasteiger partial charge in [-0.1, -0.05) is 28.1 Å². The third-order valence-corrected chi connectivity index (χ3v) is 4.12. The molecule has 0 N–H and O–H groups in total. The molecule has 1 saturated heterocycles. The van der Waals surface area contributed by atoms with Crippen LogP contribution in [0.1, 0.15) is 18.9 Å². The number of alkyl halides is 1. The molecule has 17 heavy (non-hydrogen) atoms. The van der Waals surface area contributed by atoms with Crippen molar-refractivity contribution in [3.05, 3.63) is 29.8 Å². The highest BCUT2D eigenvalue weighted by Gasteiger charge is 2.19. The second-order valence-corrected chi connectivity index (χ2v) is 5.52. The molecule has 1 aliphatic heterocycles. The quantitative estimate of drug-likeness (QED) is 0.774. The first kappa shape index (κ1) is 12.9. The van der Waals surface area contributed by atoms with Crippen LogP contribution in [0.2, 0.25) is 0 Å². The zero-order chi connectivity index (χ0) is 12.3. The third-order valence-electron chi connectivity index (χ3n) is 3.47. The standard InChI is InChI=1S/C14H21BrN2/c1-12-11-16(2)8-3-9-17(12)14-6-4-13(10-15)5-7-14/h4-7,12H,3,8-11H2,1-2H3. The van der Waals surface area contributed by atoms with Crippen molar-refractivity contribution in [2.24, 2.45) is 0 Å². The lowest BCUT2D eigenvalue weighted by Gasteiger charge is -2.30. The molecule has 1 aromatic rings. The summed E-state index contributed by atoms with van der Waals surface area (Å²) < 4.78 is 0. The zero-order valence-corrected chi connectivity index (χ0v) is 12.3. The minimum Gasteiger partial charge on any atom is -0.367 e. The van der Waals surface area contributed by atoms with Crippen LogP contribution in [0.15, 0.2) is 24.3 Å². The second-order valence-electron chi connectivity index (χ2n) is 4.96. The Bertz CT molecular complexity index is 350. The number of rotatable bonds is 2. The molecule has 2 nitrogen and oxygen atoms in total. The van der Waals surface area contributed by atoms with Gasteiger partial charge >= 0.3 is 0 Å². The number of hydrogen-bond donors (Lipinski definition) is 0. The van der Waals surface area contributed by atoms with Crippen molar-refractivity contribution >= 4 is 21.6 Å². The van der Waals surface area contributed by atoms with Crippen molar-refractivity contribution in [1.82, 2.24) is 4.90 Å². The highest BCUT2D eigenvalue weighted by Crippen LogP contribution is 2.21. The van der Waals surface area contributed by atoms with Crippen LogP contribution < -0.4 is 4.90 Å². The second kappa shape index (κ2) is 5.87. The summed E-state index contributed by atoms with van der Waals surface area (Å²) in [5.74, 6) is 0. The van der Waals surface area contributed by atoms with Crippen LogP contribution in [0.25, 0.3) is 0 Å². The van der Waals surface area contributed by atoms with Gasteiger partial charge < -0.3 is 9.80 Å². The molecule has 1 unspecified atom stereocenters. The lowest BCUT2D eigenvalue weighted by Crippen LogP contribution is -2.37. The number of benzene rings is 1. The molecule has 0 amide bonds. The molecule has 1 heterocycles. The molecule has 3 heteroatoms. The third kappa shape index (κ3) is 3.23. The maximum absolute atomic E-state index is 3.49. The van der Waals surface area contributed by atoms with Gasteiger partial charge in [-0.2, -0.15) is 0 Å². The van der Waals surface area contributed by atoms with Gasteiger partial charge in [0.05, 0.1) is 0 Å². The van der Waals surface area contributed by atoms with Gasteiger partial charge in [-0.3, -0.25) is 0 Å². The monoisotopic (exact) mass is 296 g/mol. The molecule has 0 radical (unpaired) electrons. The Labute approximate surface area is 113 Å². The van der Waals surface area contributed by atoms with Crippen LogP contribution in [0.3, 0.4) is 0 Å². The summed E-state index contributed by atoms with van der Waals surface area (Å²) >= 11 is 3.49. The van der Waals surface area contributed by atoms with Gasteiger partial charge in [-0.25, -0.2) is 0 Å². The molecule has 0 aliphatic carbocycles. The fourth-order valence-corrected chi connectivity index (χ4v) is 2.91. The van der Waals surface area contributed by atoms with Crippen LogP contribution in [0.4, 0.5) is 5.69 Å². The van der Waals surface area contributed by atoms with Crippen LogP contribution in [-0.2, 0) is 5.33 Å². The minimum atomic E-state index is 0.595. The van der Waals surface area contributed by atoms with Gasteiger partial charge in [0.15, 0.2) is 0 Å². The van der Waals surface area contributed by atoms with E-state index in [0.29, 0.717) is 6.04 Å². The molecule has 0 bridgehead atoms. The van der Waals surface area contributed by atoms with Gasteiger partial charge in [0, 0.05) is 30.1 Å². The molecule has 2 rings (SSSR count). The molecule has 1 aromatic carbocycles. The maximum Gasteiger partial charge on any atom is 0.0388 e. The average molecular weight is 297 g/mol. The first-order valence-electron chi connectivity index (χ1n) is 6.31. The molecule has 0 aromatic heterocycles. The van der Waals surface area contributed by atoms with E-state index in [0.717, 1.165) is 11.9 Å². The Morgan fingerprint density at radius 1 is 1.24 bits per heavy atom. The molecule has 1 atom stereocenters. The van der Waals surface area contributed by atoms with Crippen molar-refractivity contribution in [3.8, 4) is 0 Å². The average Bonchev–Trinajstić information content (AvgIpc) is 2.50. The lowest BCUT2D eigenvalue weighted by molar-refractivity contribution is 0.337. The maximum atomic E-state index is 3.49. The molecule has 1 fully saturated rings. The van der Waals surface area contributed by atoms with Crippen molar-refractivity contribution < 1.29 is 0 Å². The van der Waals surface area contributed by atoms with Gasteiger partial charge in [0.1, 0.15) is 0 Å². The van der Waals surface area contributed by atoms with E-state index in [2.05, 4.69) is 64.0 Å². The molecular weight excluding hydrogens is 276 g/mol. The number of hydrogen-bond acceptors (Lipinski definition) is 2. The highest BCUT2D eigenvalue weighted by molar-refractivity contribution is 9.08. The molecule has 1 aliphatic rings. The lowest BCUT2D eigenvalue weighted by atomic mass is 10.2. The Morgan fingerprint density at radius 2 is 1.94 bits per heavy atom. The van der Waals surface area contributed by atoms with Gasteiger partial charge in [0.2, 0.25) is 0 Å². The van der Waals surface area contributed by atoms with E-state index in [-0.39, 0.29) is 0 Å². The molecule has 0 spiro atoms. The minimum absolute atomic E-state index is 0.595. The Kier molecular flexibility index (Phi) is 4.46. The first-order chi connectivity index (χ1) is 8.20. The van der Waals surface area contributed by atoms with E-state index in [1.54, 1.807) is 0 Å². The van der Waals surface area contributed by atoms with Crippen LogP contribution in [-0.4, -0.2) is 37.6 Å². The van der Waals surface area contributed by atoms with Gasteiger partial charge in [-0.15, -0.1) is 0 Å². The fourth-order valence-electron chi connectivity index (χ4n) is 2.53. The zero-order valence-electron chi connectivity index (χ0n) is 10.7. The summed E-state index contributed by atoms with van der Waals surface area (Å²) in [7, 11) is 2.22. The summed E-state index contributed by atoms with van der Waals surface area (Å²) in [6.45, 7) is 5.85. The van der Waals surface area contributed by atoms with E-state index in [4.69, 9.17) is 0 Å². The smallest absolute Gasteiger partial charge is 0.0388 e. The molecule has 0 saturated carbocycles. The Balaban J connectivity index is 2.13. The molecular formula is C14H21BrN2. The van der Waals surface area contributed by atoms with E-state index in [9.17, 15) is 0 Å². The Hall–Kier alpha value is -0.540. The largest absolute Gasteiger partial charge is 0.367 e. The number of likely N-dealkylation sites (N-methyl/N-ethyl adjacent to an activating group) is 1. The van der Waals surface area contributed by atoms with E-state index < -0.39 is 0 Å². The summed E-state index contributed by atoms with van der Waals surface area (Å²) in [5.41, 5.74) is 2.70. The Morgan fingerprint density at radius 3 is 2.59 bits per heavy atom. The van der Waals surface area contributed by atoms with Gasteiger partial charge in [-0.05, 0) is 44.6 Å². The van der Waals surface area contributed by atoms with Crippen molar-refractivity contribution in [2.45, 2.75) is 24.7 Å². The van der Waals surface area contributed by atoms with E-state index in [1.165, 1.54) is 30.8 Å². The summed E-state index contributed by atoms with van der Waals surface area (Å²) in [6, 6.07) is 9.52. The first-order valence-corrected chi connectivity index (χ1v) is 7.43. The van der Waals surface area contributed by atoms with Crippen molar-refractivity contribution in [2.75, 3.05) is 31.6 Å². The topological polar surface area (TPSA) is 6.48 Å². The summed E-state index contributed by atoms with van der Waals surface area (Å²) in [4.78, 5) is 4.96. The predicted octanol–water partition coefficient (Wildman–Crippen LogP) is 3.11. The number of anilines is 1. The number of nitrogens with zero attached hydrogens (tertiary/aromatic N) is 2. The van der Waals surface area contributed by atoms with Crippen molar-refractivity contribution in [3.63, 3.8) is 0 Å². The van der Waals surface area contributed by atoms with Gasteiger partial charge in [0.25, 0.3) is 0 Å². The van der Waals surface area contributed by atoms with Crippen LogP contribution in [0, 0.1) is 0 Å². The molecule has 94 valence electrons. The van der Waals surface area contributed by atoms with Crippen molar-refractivity contribution in [1.29, 1.82) is 0 Å². The van der Waals surface area contributed by atoms with Crippen LogP contribution >= 0.6 is 15.9 Å². The SMILES string of the molecule is CC1CN(C)CCCN1c1ccc(CBr)cc1. The summed E-state index contributed by atoms with van der Waals surface area (Å²) in [5, 5.41) is 0.936. The predicted molar refractivity (Wildman–Crippen MR) is 78.0 cm³/mol. The fraction of sp³-hybridized carbons (Fsp3) is 0.571. The van der Waals surface area contributed by atoms with E-state index in [1.807, 2.05) is 0 Å². The summed E-state index contributed by atoms with van der Waals surface area (Å²) in [6.07, 6.45) is 1.25. The number of halogens is 1. The van der Waals surface area contributed by atoms with E-state index >= 15 is 0 Å².